The normalized spacial score (nSPS) is 20.4. The largest absolute Gasteiger partial charge is 0.493 e. The molecule has 38 heavy (non-hydrogen) atoms. The summed E-state index contributed by atoms with van der Waals surface area (Å²) in [7, 11) is 3.53. The predicted octanol–water partition coefficient (Wildman–Crippen LogP) is 5.47. The Morgan fingerprint density at radius 1 is 1.29 bits per heavy atom. The molecule has 0 radical (unpaired) electrons. The van der Waals surface area contributed by atoms with E-state index in [-0.39, 0.29) is 17.7 Å². The number of rotatable bonds is 12. The van der Waals surface area contributed by atoms with Crippen LogP contribution in [0.3, 0.4) is 0 Å². The number of nitrogens with one attached hydrogen (secondary N) is 1. The number of pyridine rings is 1. The van der Waals surface area contributed by atoms with Crippen LogP contribution in [0.5, 0.6) is 5.75 Å². The highest BCUT2D eigenvalue weighted by atomic mass is 19.1. The van der Waals surface area contributed by atoms with E-state index in [0.29, 0.717) is 24.7 Å². The third-order valence-electron chi connectivity index (χ3n) is 8.23. The minimum atomic E-state index is -0.971. The van der Waals surface area contributed by atoms with Crippen molar-refractivity contribution in [2.45, 2.75) is 82.8 Å². The van der Waals surface area contributed by atoms with E-state index >= 15 is 0 Å². The first-order chi connectivity index (χ1) is 18.3. The fourth-order valence-corrected chi connectivity index (χ4v) is 5.93. The number of aromatic nitrogens is 1. The quantitative estimate of drug-likeness (QED) is 0.355. The molecule has 0 bridgehead atoms. The first-order valence-corrected chi connectivity index (χ1v) is 14.0. The summed E-state index contributed by atoms with van der Waals surface area (Å²) < 4.78 is 20.2. The molecule has 8 heteroatoms. The van der Waals surface area contributed by atoms with E-state index < -0.39 is 17.8 Å². The molecule has 3 atom stereocenters. The van der Waals surface area contributed by atoms with Gasteiger partial charge < -0.3 is 20.1 Å². The Bertz CT molecular complexity index is 1100. The average Bonchev–Trinajstić information content (AvgIpc) is 3.37. The SMILES string of the molecule is COc1c(F)cc(C(C)C)cc1C(C(=O)O)N1CC[C@@H](N(C)CCCCC[C@@H]2CCc3cccnc3N2)C1. The zero-order valence-electron chi connectivity index (χ0n) is 23.3. The predicted molar refractivity (Wildman–Crippen MR) is 148 cm³/mol. The molecule has 2 aliphatic heterocycles. The van der Waals surface area contributed by atoms with Crippen molar-refractivity contribution in [3.63, 3.8) is 0 Å². The van der Waals surface area contributed by atoms with Gasteiger partial charge in [0.25, 0.3) is 0 Å². The Morgan fingerprint density at radius 3 is 2.84 bits per heavy atom. The topological polar surface area (TPSA) is 77.9 Å². The molecule has 3 heterocycles. The van der Waals surface area contributed by atoms with E-state index in [0.717, 1.165) is 50.0 Å². The molecule has 0 spiro atoms. The number of benzene rings is 1. The highest BCUT2D eigenvalue weighted by Crippen LogP contribution is 2.37. The maximum absolute atomic E-state index is 14.8. The smallest absolute Gasteiger partial charge is 0.325 e. The van der Waals surface area contributed by atoms with Gasteiger partial charge in [0, 0.05) is 36.9 Å². The third-order valence-corrected chi connectivity index (χ3v) is 8.23. The molecule has 4 rings (SSSR count). The summed E-state index contributed by atoms with van der Waals surface area (Å²) in [5, 5.41) is 13.8. The van der Waals surface area contributed by atoms with E-state index in [2.05, 4.69) is 28.3 Å². The Morgan fingerprint density at radius 2 is 2.11 bits per heavy atom. The number of ether oxygens (including phenoxy) is 1. The maximum Gasteiger partial charge on any atom is 0.325 e. The molecule has 1 fully saturated rings. The van der Waals surface area contributed by atoms with Gasteiger partial charge in [-0.2, -0.15) is 0 Å². The second-order valence-electron chi connectivity index (χ2n) is 11.2. The summed E-state index contributed by atoms with van der Waals surface area (Å²) in [6.07, 6.45) is 9.64. The molecule has 1 saturated heterocycles. The van der Waals surface area contributed by atoms with Crippen LogP contribution in [-0.4, -0.2) is 71.7 Å². The lowest BCUT2D eigenvalue weighted by atomic mass is 9.95. The molecule has 7 nitrogen and oxygen atoms in total. The lowest BCUT2D eigenvalue weighted by Crippen LogP contribution is -2.38. The number of nitrogens with zero attached hydrogens (tertiary/aromatic N) is 3. The summed E-state index contributed by atoms with van der Waals surface area (Å²) in [6, 6.07) is 7.26. The number of methoxy groups -OCH3 is 1. The van der Waals surface area contributed by atoms with Crippen LogP contribution in [0.1, 0.15) is 81.0 Å². The van der Waals surface area contributed by atoms with Crippen molar-refractivity contribution in [3.05, 3.63) is 53.0 Å². The number of carboxylic acids is 1. The number of likely N-dealkylation sites (N-methyl/N-ethyl adjacent to an activating group) is 1. The number of unbranched alkanes of at least 4 members (excludes halogenated alkanes) is 2. The van der Waals surface area contributed by atoms with E-state index in [9.17, 15) is 14.3 Å². The zero-order chi connectivity index (χ0) is 27.2. The lowest BCUT2D eigenvalue weighted by Gasteiger charge is -2.29. The number of halogens is 1. The van der Waals surface area contributed by atoms with Crippen LogP contribution in [0, 0.1) is 5.82 Å². The van der Waals surface area contributed by atoms with Crippen LogP contribution in [0.15, 0.2) is 30.5 Å². The number of fused-ring (bicyclic) bond motifs is 1. The van der Waals surface area contributed by atoms with Gasteiger partial charge in [-0.05, 0) is 80.9 Å². The summed E-state index contributed by atoms with van der Waals surface area (Å²) in [5.41, 5.74) is 2.50. The van der Waals surface area contributed by atoms with Gasteiger partial charge in [-0.1, -0.05) is 32.8 Å². The lowest BCUT2D eigenvalue weighted by molar-refractivity contribution is -0.143. The molecule has 1 unspecified atom stereocenters. The summed E-state index contributed by atoms with van der Waals surface area (Å²) in [5.74, 6) is -0.309. The number of hydrogen-bond donors (Lipinski definition) is 2. The first-order valence-electron chi connectivity index (χ1n) is 14.0. The van der Waals surface area contributed by atoms with Crippen LogP contribution < -0.4 is 10.1 Å². The Kier molecular flexibility index (Phi) is 9.60. The molecule has 0 saturated carbocycles. The minimum absolute atomic E-state index is 0.0327. The molecule has 1 aromatic heterocycles. The monoisotopic (exact) mass is 526 g/mol. The van der Waals surface area contributed by atoms with Crippen molar-refractivity contribution in [1.29, 1.82) is 0 Å². The molecular weight excluding hydrogens is 483 g/mol. The zero-order valence-corrected chi connectivity index (χ0v) is 23.3. The molecule has 2 aliphatic rings. The Labute approximate surface area is 226 Å². The molecular formula is C30H43FN4O3. The highest BCUT2D eigenvalue weighted by molar-refractivity contribution is 5.77. The van der Waals surface area contributed by atoms with Crippen LogP contribution in [0.2, 0.25) is 0 Å². The van der Waals surface area contributed by atoms with E-state index in [1.165, 1.54) is 31.6 Å². The first kappa shape index (κ1) is 28.3. The van der Waals surface area contributed by atoms with Gasteiger partial charge in [-0.25, -0.2) is 9.37 Å². The Balaban J connectivity index is 1.27. The molecule has 2 N–H and O–H groups in total. The number of aryl methyl sites for hydroxylation is 1. The summed E-state index contributed by atoms with van der Waals surface area (Å²) in [4.78, 5) is 21.2. The van der Waals surface area contributed by atoms with Crippen molar-refractivity contribution in [2.75, 3.05) is 39.1 Å². The average molecular weight is 527 g/mol. The number of carbonyl (C=O) groups is 1. The Hall–Kier alpha value is -2.71. The number of anilines is 1. The second-order valence-corrected chi connectivity index (χ2v) is 11.2. The van der Waals surface area contributed by atoms with Gasteiger partial charge in [-0.3, -0.25) is 9.69 Å². The number of aliphatic carboxylic acids is 1. The maximum atomic E-state index is 14.8. The highest BCUT2D eigenvalue weighted by Gasteiger charge is 2.37. The fraction of sp³-hybridized carbons (Fsp3) is 0.600. The minimum Gasteiger partial charge on any atom is -0.493 e. The molecule has 0 amide bonds. The summed E-state index contributed by atoms with van der Waals surface area (Å²) in [6.45, 7) is 6.24. The second kappa shape index (κ2) is 12.9. The molecule has 2 aromatic rings. The van der Waals surface area contributed by atoms with Crippen LogP contribution >= 0.6 is 0 Å². The van der Waals surface area contributed by atoms with Crippen molar-refractivity contribution >= 4 is 11.8 Å². The summed E-state index contributed by atoms with van der Waals surface area (Å²) >= 11 is 0. The van der Waals surface area contributed by atoms with Gasteiger partial charge in [0.15, 0.2) is 11.6 Å². The van der Waals surface area contributed by atoms with E-state index in [4.69, 9.17) is 4.74 Å². The van der Waals surface area contributed by atoms with Crippen LogP contribution in [0.4, 0.5) is 10.2 Å². The van der Waals surface area contributed by atoms with Crippen molar-refractivity contribution in [3.8, 4) is 5.75 Å². The van der Waals surface area contributed by atoms with E-state index in [1.807, 2.05) is 31.0 Å². The molecule has 0 aliphatic carbocycles. The van der Waals surface area contributed by atoms with Crippen molar-refractivity contribution < 1.29 is 19.0 Å². The third kappa shape index (κ3) is 6.64. The van der Waals surface area contributed by atoms with Gasteiger partial charge in [0.05, 0.1) is 7.11 Å². The van der Waals surface area contributed by atoms with Crippen LogP contribution in [0.25, 0.3) is 0 Å². The van der Waals surface area contributed by atoms with Crippen molar-refractivity contribution in [1.82, 2.24) is 14.8 Å². The number of carboxylic acid groups (broad SMARTS) is 1. The van der Waals surface area contributed by atoms with Crippen molar-refractivity contribution in [2.24, 2.45) is 0 Å². The van der Waals surface area contributed by atoms with Gasteiger partial charge >= 0.3 is 5.97 Å². The van der Waals surface area contributed by atoms with Gasteiger partial charge in [-0.15, -0.1) is 0 Å². The number of hydrogen-bond acceptors (Lipinski definition) is 6. The van der Waals surface area contributed by atoms with E-state index in [1.54, 1.807) is 6.07 Å². The molecule has 1 aromatic carbocycles. The van der Waals surface area contributed by atoms with Gasteiger partial charge in [0.2, 0.25) is 0 Å². The van der Waals surface area contributed by atoms with Crippen LogP contribution in [-0.2, 0) is 11.2 Å². The number of likely N-dealkylation sites (tertiary alicyclic amines) is 1. The fourth-order valence-electron chi connectivity index (χ4n) is 5.93. The molecule has 208 valence electrons. The van der Waals surface area contributed by atoms with Gasteiger partial charge in [0.1, 0.15) is 11.9 Å². The standard InChI is InChI=1S/C30H43FN4O3/c1-20(2)22-17-25(28(38-4)26(31)18-22)27(30(36)37)35-16-13-24(19-35)34(3)15-7-5-6-10-23-12-11-21-9-8-14-32-29(21)33-23/h8-9,14,17-18,20,23-24,27H,5-7,10-13,15-16,19H2,1-4H3,(H,32,33)(H,36,37)/t23-,24-,27?/m1/s1.